The van der Waals surface area contributed by atoms with Crippen molar-refractivity contribution in [2.24, 2.45) is 0 Å². The molecule has 0 spiro atoms. The number of nitrogens with one attached hydrogen (secondary N) is 2. The fourth-order valence-corrected chi connectivity index (χ4v) is 1.41. The maximum Gasteiger partial charge on any atom is 0.365 e. The van der Waals surface area contributed by atoms with Crippen molar-refractivity contribution in [1.29, 1.82) is 10.8 Å². The molecule has 1 aromatic heterocycles. The molecule has 0 amide bonds. The number of carboxylic acids is 1. The highest BCUT2D eigenvalue weighted by molar-refractivity contribution is 7.15. The summed E-state index contributed by atoms with van der Waals surface area (Å²) in [4.78, 5) is 14.6. The van der Waals surface area contributed by atoms with Crippen LogP contribution in [-0.4, -0.2) is 28.0 Å². The Labute approximate surface area is 83.8 Å². The first kappa shape index (κ1) is 10.3. The van der Waals surface area contributed by atoms with Gasteiger partial charge in [-0.05, 0) is 12.2 Å². The second-order valence-electron chi connectivity index (χ2n) is 2.27. The predicted molar refractivity (Wildman–Crippen MR) is 53.8 cm³/mol. The van der Waals surface area contributed by atoms with E-state index in [1.807, 2.05) is 0 Å². The van der Waals surface area contributed by atoms with Crippen molar-refractivity contribution in [3.05, 3.63) is 28.2 Å². The summed E-state index contributed by atoms with van der Waals surface area (Å²) in [5, 5.41) is 22.7. The Kier molecular flexibility index (Phi) is 3.24. The summed E-state index contributed by atoms with van der Waals surface area (Å²) in [6, 6.07) is 0. The molecular weight excluding hydrogens is 202 g/mol. The molecule has 0 saturated carbocycles. The van der Waals surface area contributed by atoms with Crippen LogP contribution in [0.25, 0.3) is 0 Å². The van der Waals surface area contributed by atoms with E-state index < -0.39 is 5.97 Å². The van der Waals surface area contributed by atoms with Gasteiger partial charge in [0.25, 0.3) is 0 Å². The summed E-state index contributed by atoms with van der Waals surface area (Å²) < 4.78 is 0. The van der Waals surface area contributed by atoms with Crippen LogP contribution in [0.4, 0.5) is 0 Å². The molecule has 6 heteroatoms. The van der Waals surface area contributed by atoms with Crippen LogP contribution in [0.2, 0.25) is 0 Å². The molecule has 0 unspecified atom stereocenters. The van der Waals surface area contributed by atoms with Crippen molar-refractivity contribution in [2.75, 3.05) is 0 Å². The highest BCUT2D eigenvalue weighted by Gasteiger charge is 2.10. The van der Waals surface area contributed by atoms with E-state index in [1.165, 1.54) is 18.3 Å². The van der Waals surface area contributed by atoms with Gasteiger partial charge in [-0.2, -0.15) is 0 Å². The minimum atomic E-state index is -1.09. The molecule has 0 aliphatic carbocycles. The molecule has 1 heterocycles. The standard InChI is InChI=1S/C8H7N3O2S/c9-3-1-2-5(10)6-4-11-7(14-6)8(12)13/h1-4,9-10H,(H,12,13)/b2-1-,9-3?,10-5?. The number of aromatic nitrogens is 1. The SMILES string of the molecule is N=C/C=C\C(=N)c1cnc(C(=O)O)s1. The van der Waals surface area contributed by atoms with Crippen LogP contribution in [0.15, 0.2) is 18.3 Å². The molecule has 5 nitrogen and oxygen atoms in total. The van der Waals surface area contributed by atoms with Crippen LogP contribution in [-0.2, 0) is 0 Å². The number of nitrogens with zero attached hydrogens (tertiary/aromatic N) is 1. The second-order valence-corrected chi connectivity index (χ2v) is 3.30. The number of allylic oxidation sites excluding steroid dienone is 2. The van der Waals surface area contributed by atoms with Crippen molar-refractivity contribution in [3.8, 4) is 0 Å². The van der Waals surface area contributed by atoms with Gasteiger partial charge in [-0.3, -0.25) is 5.41 Å². The van der Waals surface area contributed by atoms with Gasteiger partial charge >= 0.3 is 5.97 Å². The van der Waals surface area contributed by atoms with Gasteiger partial charge in [-0.1, -0.05) is 0 Å². The average molecular weight is 209 g/mol. The quantitative estimate of drug-likeness (QED) is 0.654. The zero-order valence-electron chi connectivity index (χ0n) is 7.02. The minimum Gasteiger partial charge on any atom is -0.476 e. The third kappa shape index (κ3) is 2.33. The van der Waals surface area contributed by atoms with Crippen LogP contribution in [0.1, 0.15) is 14.7 Å². The normalized spacial score (nSPS) is 10.3. The van der Waals surface area contributed by atoms with Crippen molar-refractivity contribution in [3.63, 3.8) is 0 Å². The smallest absolute Gasteiger partial charge is 0.365 e. The third-order valence-corrected chi connectivity index (χ3v) is 2.33. The molecule has 14 heavy (non-hydrogen) atoms. The summed E-state index contributed by atoms with van der Waals surface area (Å²) in [5.41, 5.74) is 0.151. The Hall–Kier alpha value is -1.82. The summed E-state index contributed by atoms with van der Waals surface area (Å²) in [7, 11) is 0. The molecular formula is C8H7N3O2S. The van der Waals surface area contributed by atoms with Crippen molar-refractivity contribution in [2.45, 2.75) is 0 Å². The lowest BCUT2D eigenvalue weighted by Crippen LogP contribution is -1.93. The van der Waals surface area contributed by atoms with E-state index in [9.17, 15) is 4.79 Å². The maximum atomic E-state index is 10.5. The van der Waals surface area contributed by atoms with Gasteiger partial charge in [0.05, 0.1) is 10.6 Å². The van der Waals surface area contributed by atoms with E-state index in [0.29, 0.717) is 4.88 Å². The molecule has 0 fully saturated rings. The molecule has 0 aromatic carbocycles. The van der Waals surface area contributed by atoms with Gasteiger partial charge < -0.3 is 10.5 Å². The van der Waals surface area contributed by atoms with Crippen molar-refractivity contribution in [1.82, 2.24) is 4.98 Å². The molecule has 0 aliphatic heterocycles. The number of hydrogen-bond acceptors (Lipinski definition) is 5. The fourth-order valence-electron chi connectivity index (χ4n) is 0.724. The molecule has 0 atom stereocenters. The number of rotatable bonds is 4. The van der Waals surface area contributed by atoms with Gasteiger partial charge in [0.1, 0.15) is 0 Å². The number of hydrogen-bond donors (Lipinski definition) is 3. The Balaban J connectivity index is 2.86. The second kappa shape index (κ2) is 4.43. The Morgan fingerprint density at radius 1 is 1.64 bits per heavy atom. The summed E-state index contributed by atoms with van der Waals surface area (Å²) in [6.45, 7) is 0. The molecule has 72 valence electrons. The number of aromatic carboxylic acids is 1. The monoisotopic (exact) mass is 209 g/mol. The lowest BCUT2D eigenvalue weighted by atomic mass is 10.3. The Bertz CT molecular complexity index is 408. The maximum absolute atomic E-state index is 10.5. The van der Waals surface area contributed by atoms with Gasteiger partial charge in [-0.25, -0.2) is 9.78 Å². The topological polar surface area (TPSA) is 97.9 Å². The molecule has 1 aromatic rings. The highest BCUT2D eigenvalue weighted by Crippen LogP contribution is 2.13. The Morgan fingerprint density at radius 2 is 2.36 bits per heavy atom. The number of carboxylic acid groups (broad SMARTS) is 1. The van der Waals surface area contributed by atoms with E-state index in [1.54, 1.807) is 0 Å². The average Bonchev–Trinajstić information content (AvgIpc) is 2.62. The van der Waals surface area contributed by atoms with Crippen LogP contribution in [0.3, 0.4) is 0 Å². The molecule has 0 bridgehead atoms. The third-order valence-electron chi connectivity index (χ3n) is 1.31. The van der Waals surface area contributed by atoms with E-state index >= 15 is 0 Å². The first-order chi connectivity index (χ1) is 6.65. The molecule has 3 N–H and O–H groups in total. The summed E-state index contributed by atoms with van der Waals surface area (Å²) in [5.74, 6) is -1.09. The molecule has 0 aliphatic rings. The van der Waals surface area contributed by atoms with Crippen molar-refractivity contribution < 1.29 is 9.90 Å². The molecule has 0 saturated heterocycles. The van der Waals surface area contributed by atoms with Crippen LogP contribution in [0.5, 0.6) is 0 Å². The fraction of sp³-hybridized carbons (Fsp3) is 0. The largest absolute Gasteiger partial charge is 0.476 e. The zero-order valence-corrected chi connectivity index (χ0v) is 7.84. The summed E-state index contributed by atoms with van der Waals surface area (Å²) in [6.07, 6.45) is 5.19. The zero-order chi connectivity index (χ0) is 10.6. The number of thiazole rings is 1. The van der Waals surface area contributed by atoms with Gasteiger partial charge in [-0.15, -0.1) is 11.3 Å². The van der Waals surface area contributed by atoms with Crippen molar-refractivity contribution >= 4 is 29.2 Å². The number of carbonyl (C=O) groups is 1. The minimum absolute atomic E-state index is 0.0343. The van der Waals surface area contributed by atoms with Crippen LogP contribution < -0.4 is 0 Å². The summed E-state index contributed by atoms with van der Waals surface area (Å²) >= 11 is 0.938. The van der Waals surface area contributed by atoms with Gasteiger partial charge in [0.15, 0.2) is 0 Å². The van der Waals surface area contributed by atoms with E-state index in [0.717, 1.165) is 17.6 Å². The first-order valence-electron chi connectivity index (χ1n) is 3.60. The first-order valence-corrected chi connectivity index (χ1v) is 4.42. The van der Waals surface area contributed by atoms with Gasteiger partial charge in [0, 0.05) is 12.4 Å². The van der Waals surface area contributed by atoms with E-state index in [-0.39, 0.29) is 10.7 Å². The lowest BCUT2D eigenvalue weighted by molar-refractivity contribution is 0.0696. The van der Waals surface area contributed by atoms with Gasteiger partial charge in [0.2, 0.25) is 5.01 Å². The van der Waals surface area contributed by atoms with E-state index in [2.05, 4.69) is 4.98 Å². The molecule has 1 rings (SSSR count). The van der Waals surface area contributed by atoms with Crippen LogP contribution in [0, 0.1) is 10.8 Å². The molecule has 0 radical (unpaired) electrons. The van der Waals surface area contributed by atoms with Crippen LogP contribution >= 0.6 is 11.3 Å². The Morgan fingerprint density at radius 3 is 2.86 bits per heavy atom. The van der Waals surface area contributed by atoms with E-state index in [4.69, 9.17) is 15.9 Å². The highest BCUT2D eigenvalue weighted by atomic mass is 32.1. The predicted octanol–water partition coefficient (Wildman–Crippen LogP) is 1.41. The lowest BCUT2D eigenvalue weighted by Gasteiger charge is -1.88.